The van der Waals surface area contributed by atoms with Gasteiger partial charge in [-0.05, 0) is 31.1 Å². The van der Waals surface area contributed by atoms with E-state index in [2.05, 4.69) is 29.1 Å². The highest BCUT2D eigenvalue weighted by molar-refractivity contribution is 7.99. The first-order valence-corrected chi connectivity index (χ1v) is 7.43. The molecule has 1 aliphatic rings. The Bertz CT molecular complexity index is 331. The quantitative estimate of drug-likeness (QED) is 0.873. The van der Waals surface area contributed by atoms with Gasteiger partial charge in [-0.25, -0.2) is 9.97 Å². The van der Waals surface area contributed by atoms with E-state index in [0.717, 1.165) is 18.9 Å². The lowest BCUT2D eigenvalue weighted by molar-refractivity contribution is 0.551. The lowest BCUT2D eigenvalue weighted by Gasteiger charge is -2.09. The summed E-state index contributed by atoms with van der Waals surface area (Å²) in [4.78, 5) is 8.97. The lowest BCUT2D eigenvalue weighted by Crippen LogP contribution is -2.19. The van der Waals surface area contributed by atoms with Crippen LogP contribution >= 0.6 is 11.8 Å². The van der Waals surface area contributed by atoms with Crippen LogP contribution in [0, 0.1) is 5.92 Å². The van der Waals surface area contributed by atoms with Crippen LogP contribution in [0.25, 0.3) is 0 Å². The van der Waals surface area contributed by atoms with Crippen LogP contribution < -0.4 is 5.32 Å². The van der Waals surface area contributed by atoms with Gasteiger partial charge in [0.15, 0.2) is 0 Å². The van der Waals surface area contributed by atoms with Crippen LogP contribution in [-0.2, 0) is 6.54 Å². The molecule has 2 heterocycles. The molecule has 1 unspecified atom stereocenters. The molecule has 1 saturated heterocycles. The lowest BCUT2D eigenvalue weighted by atomic mass is 10.2. The number of hydrogen-bond donors (Lipinski definition) is 1. The summed E-state index contributed by atoms with van der Waals surface area (Å²) < 4.78 is 0. The minimum Gasteiger partial charge on any atom is -0.312 e. The zero-order chi connectivity index (χ0) is 12.1. The fraction of sp³-hybridized carbons (Fsp3) is 0.692. The summed E-state index contributed by atoms with van der Waals surface area (Å²) in [6, 6.07) is 0. The van der Waals surface area contributed by atoms with Crippen LogP contribution in [0.15, 0.2) is 12.4 Å². The normalized spacial score (nSPS) is 20.1. The van der Waals surface area contributed by atoms with E-state index in [-0.39, 0.29) is 0 Å². The molecule has 1 aromatic heterocycles. The van der Waals surface area contributed by atoms with Crippen LogP contribution in [0.5, 0.6) is 0 Å². The molecule has 1 aliphatic heterocycles. The molecule has 2 rings (SSSR count). The largest absolute Gasteiger partial charge is 0.312 e. The molecule has 0 saturated carbocycles. The van der Waals surface area contributed by atoms with Crippen LogP contribution in [-0.4, -0.2) is 22.3 Å². The molecule has 4 heteroatoms. The van der Waals surface area contributed by atoms with Crippen molar-refractivity contribution < 1.29 is 0 Å². The Labute approximate surface area is 108 Å². The summed E-state index contributed by atoms with van der Waals surface area (Å²) in [7, 11) is 0. The molecule has 0 spiro atoms. The SMILES string of the molecule is CC(C)CNCc1cnc(C2CCCS2)nc1. The number of hydrogen-bond acceptors (Lipinski definition) is 4. The van der Waals surface area contributed by atoms with Crippen LogP contribution in [0.3, 0.4) is 0 Å². The molecule has 0 amide bonds. The van der Waals surface area contributed by atoms with Crippen molar-refractivity contribution >= 4 is 11.8 Å². The minimum atomic E-state index is 0.535. The first-order valence-electron chi connectivity index (χ1n) is 6.39. The van der Waals surface area contributed by atoms with E-state index < -0.39 is 0 Å². The second-order valence-corrected chi connectivity index (χ2v) is 6.29. The fourth-order valence-corrected chi connectivity index (χ4v) is 3.13. The van der Waals surface area contributed by atoms with Crippen molar-refractivity contribution in [2.24, 2.45) is 5.92 Å². The molecule has 0 aliphatic carbocycles. The molecule has 3 nitrogen and oxygen atoms in total. The summed E-state index contributed by atoms with van der Waals surface area (Å²) in [5.74, 6) is 2.95. The Kier molecular flexibility index (Phi) is 4.80. The Balaban J connectivity index is 1.84. The van der Waals surface area contributed by atoms with Gasteiger partial charge in [0.05, 0.1) is 5.25 Å². The molecule has 17 heavy (non-hydrogen) atoms. The Hall–Kier alpha value is -0.610. The topological polar surface area (TPSA) is 37.8 Å². The van der Waals surface area contributed by atoms with Crippen molar-refractivity contribution in [3.8, 4) is 0 Å². The van der Waals surface area contributed by atoms with E-state index in [1.807, 2.05) is 24.2 Å². The van der Waals surface area contributed by atoms with Gasteiger partial charge in [-0.3, -0.25) is 0 Å². The molecule has 1 aromatic rings. The van der Waals surface area contributed by atoms with Gasteiger partial charge in [0.2, 0.25) is 0 Å². The maximum absolute atomic E-state index is 4.49. The van der Waals surface area contributed by atoms with E-state index in [4.69, 9.17) is 0 Å². The molecule has 1 fully saturated rings. The highest BCUT2D eigenvalue weighted by Crippen LogP contribution is 2.37. The molecule has 0 bridgehead atoms. The molecule has 0 radical (unpaired) electrons. The predicted molar refractivity (Wildman–Crippen MR) is 73.0 cm³/mol. The summed E-state index contributed by atoms with van der Waals surface area (Å²) in [6.07, 6.45) is 6.47. The zero-order valence-electron chi connectivity index (χ0n) is 10.6. The molecule has 94 valence electrons. The van der Waals surface area contributed by atoms with Gasteiger partial charge < -0.3 is 5.32 Å². The predicted octanol–water partition coefficient (Wildman–Crippen LogP) is 2.79. The average Bonchev–Trinajstić information content (AvgIpc) is 2.83. The Morgan fingerprint density at radius 3 is 2.76 bits per heavy atom. The van der Waals surface area contributed by atoms with Gasteiger partial charge in [-0.2, -0.15) is 11.8 Å². The van der Waals surface area contributed by atoms with Crippen LogP contribution in [0.2, 0.25) is 0 Å². The van der Waals surface area contributed by atoms with Crippen molar-refractivity contribution in [3.63, 3.8) is 0 Å². The van der Waals surface area contributed by atoms with Crippen molar-refractivity contribution in [2.45, 2.75) is 38.5 Å². The Morgan fingerprint density at radius 1 is 1.41 bits per heavy atom. The third kappa shape index (κ3) is 3.96. The van der Waals surface area contributed by atoms with E-state index in [9.17, 15) is 0 Å². The van der Waals surface area contributed by atoms with E-state index >= 15 is 0 Å². The zero-order valence-corrected chi connectivity index (χ0v) is 11.5. The van der Waals surface area contributed by atoms with Gasteiger partial charge in [0, 0.05) is 24.5 Å². The van der Waals surface area contributed by atoms with Gasteiger partial charge in [0.1, 0.15) is 5.82 Å². The number of rotatable bonds is 5. The van der Waals surface area contributed by atoms with Crippen LogP contribution in [0.4, 0.5) is 0 Å². The molecule has 0 aromatic carbocycles. The van der Waals surface area contributed by atoms with Gasteiger partial charge in [-0.1, -0.05) is 13.8 Å². The van der Waals surface area contributed by atoms with Crippen LogP contribution in [0.1, 0.15) is 43.3 Å². The average molecular weight is 251 g/mol. The van der Waals surface area contributed by atoms with E-state index in [1.54, 1.807) is 0 Å². The van der Waals surface area contributed by atoms with E-state index in [0.29, 0.717) is 11.2 Å². The smallest absolute Gasteiger partial charge is 0.141 e. The summed E-state index contributed by atoms with van der Waals surface area (Å²) in [5.41, 5.74) is 1.18. The van der Waals surface area contributed by atoms with Crippen molar-refractivity contribution in [2.75, 3.05) is 12.3 Å². The minimum absolute atomic E-state index is 0.535. The second-order valence-electron chi connectivity index (χ2n) is 4.98. The maximum atomic E-state index is 4.49. The van der Waals surface area contributed by atoms with Crippen molar-refractivity contribution in [1.82, 2.24) is 15.3 Å². The number of nitrogens with one attached hydrogen (secondary N) is 1. The maximum Gasteiger partial charge on any atom is 0.141 e. The number of thioether (sulfide) groups is 1. The second kappa shape index (κ2) is 6.36. The number of nitrogens with zero attached hydrogens (tertiary/aromatic N) is 2. The first-order chi connectivity index (χ1) is 8.25. The monoisotopic (exact) mass is 251 g/mol. The molecule has 1 atom stereocenters. The third-order valence-electron chi connectivity index (χ3n) is 2.82. The van der Waals surface area contributed by atoms with Gasteiger partial charge in [-0.15, -0.1) is 0 Å². The Morgan fingerprint density at radius 2 is 2.18 bits per heavy atom. The highest BCUT2D eigenvalue weighted by Gasteiger charge is 2.19. The van der Waals surface area contributed by atoms with Crippen molar-refractivity contribution in [3.05, 3.63) is 23.8 Å². The summed E-state index contributed by atoms with van der Waals surface area (Å²) in [5, 5.41) is 3.94. The standard InChI is InChI=1S/C13H21N3S/c1-10(2)6-14-7-11-8-15-13(16-9-11)12-4-3-5-17-12/h8-10,12,14H,3-7H2,1-2H3. The molecular formula is C13H21N3S. The number of aromatic nitrogens is 2. The third-order valence-corrected chi connectivity index (χ3v) is 4.20. The first kappa shape index (κ1) is 12.8. The van der Waals surface area contributed by atoms with Gasteiger partial charge in [0.25, 0.3) is 0 Å². The van der Waals surface area contributed by atoms with E-state index in [1.165, 1.54) is 24.2 Å². The molecule has 1 N–H and O–H groups in total. The highest BCUT2D eigenvalue weighted by atomic mass is 32.2. The summed E-state index contributed by atoms with van der Waals surface area (Å²) >= 11 is 1.98. The van der Waals surface area contributed by atoms with Crippen molar-refractivity contribution in [1.29, 1.82) is 0 Å². The molecular weight excluding hydrogens is 230 g/mol. The summed E-state index contributed by atoms with van der Waals surface area (Å²) in [6.45, 7) is 6.34. The van der Waals surface area contributed by atoms with Gasteiger partial charge >= 0.3 is 0 Å². The fourth-order valence-electron chi connectivity index (χ4n) is 1.91.